The van der Waals surface area contributed by atoms with Gasteiger partial charge in [0.2, 0.25) is 0 Å². The summed E-state index contributed by atoms with van der Waals surface area (Å²) < 4.78 is 9.28. The number of imidazole rings is 1. The lowest BCUT2D eigenvalue weighted by Crippen LogP contribution is -2.37. The molecule has 1 saturated heterocycles. The number of aromatic nitrogens is 6. The molecule has 1 aliphatic heterocycles. The number of allylic oxidation sites excluding steroid dienone is 5. The van der Waals surface area contributed by atoms with Crippen molar-refractivity contribution in [1.29, 1.82) is 0 Å². The first-order chi connectivity index (χ1) is 15.2. The van der Waals surface area contributed by atoms with E-state index in [0.717, 1.165) is 53.6 Å². The summed E-state index contributed by atoms with van der Waals surface area (Å²) in [5.74, 6) is 2.08. The molecule has 0 aliphatic carbocycles. The number of aryl methyl sites for hydroxylation is 1. The molecule has 8 nitrogen and oxygen atoms in total. The van der Waals surface area contributed by atoms with Crippen LogP contribution in [0.5, 0.6) is 0 Å². The number of ether oxygens (including phenoxy) is 1. The molecule has 8 heteroatoms. The molecular formula is C23H27N7O. The topological polar surface area (TPSA) is 73.9 Å². The van der Waals surface area contributed by atoms with Crippen LogP contribution >= 0.6 is 0 Å². The van der Waals surface area contributed by atoms with Crippen LogP contribution in [0.15, 0.2) is 49.9 Å². The Labute approximate surface area is 181 Å². The van der Waals surface area contributed by atoms with Crippen molar-refractivity contribution in [2.75, 3.05) is 31.2 Å². The Morgan fingerprint density at radius 1 is 1.19 bits per heavy atom. The van der Waals surface area contributed by atoms with Gasteiger partial charge in [0.25, 0.3) is 5.95 Å². The van der Waals surface area contributed by atoms with Gasteiger partial charge in [0, 0.05) is 31.4 Å². The molecule has 0 spiro atoms. The number of hydrogen-bond donors (Lipinski definition) is 0. The summed E-state index contributed by atoms with van der Waals surface area (Å²) in [5.41, 5.74) is 3.53. The van der Waals surface area contributed by atoms with Crippen molar-refractivity contribution >= 4 is 28.6 Å². The van der Waals surface area contributed by atoms with E-state index >= 15 is 0 Å². The molecular weight excluding hydrogens is 390 g/mol. The Morgan fingerprint density at radius 3 is 2.68 bits per heavy atom. The zero-order chi connectivity index (χ0) is 21.8. The highest BCUT2D eigenvalue weighted by Gasteiger charge is 2.22. The van der Waals surface area contributed by atoms with Gasteiger partial charge in [-0.3, -0.25) is 0 Å². The number of fused-ring (bicyclic) bond motifs is 1. The maximum atomic E-state index is 5.53. The molecule has 0 bridgehead atoms. The predicted molar refractivity (Wildman–Crippen MR) is 124 cm³/mol. The lowest BCUT2D eigenvalue weighted by atomic mass is 10.1. The Bertz CT molecular complexity index is 1160. The third-order valence-electron chi connectivity index (χ3n) is 5.17. The fourth-order valence-corrected chi connectivity index (χ4v) is 3.69. The second-order valence-corrected chi connectivity index (χ2v) is 7.07. The van der Waals surface area contributed by atoms with E-state index in [9.17, 15) is 0 Å². The first-order valence-corrected chi connectivity index (χ1v) is 10.4. The third kappa shape index (κ3) is 3.94. The minimum absolute atomic E-state index is 0.504. The molecule has 3 aromatic rings. The van der Waals surface area contributed by atoms with E-state index in [1.165, 1.54) is 0 Å². The maximum absolute atomic E-state index is 5.53. The van der Waals surface area contributed by atoms with Crippen molar-refractivity contribution in [3.05, 3.63) is 61.2 Å². The summed E-state index contributed by atoms with van der Waals surface area (Å²) in [7, 11) is 0. The number of hydrogen-bond acceptors (Lipinski definition) is 6. The van der Waals surface area contributed by atoms with Crippen LogP contribution in [0.3, 0.4) is 0 Å². The maximum Gasteiger partial charge on any atom is 0.254 e. The highest BCUT2D eigenvalue weighted by Crippen LogP contribution is 2.27. The normalized spacial score (nSPS) is 15.2. The number of rotatable bonds is 7. The molecule has 4 heterocycles. The van der Waals surface area contributed by atoms with Gasteiger partial charge in [0.1, 0.15) is 5.82 Å². The van der Waals surface area contributed by atoms with E-state index in [2.05, 4.69) is 30.1 Å². The van der Waals surface area contributed by atoms with Crippen LogP contribution < -0.4 is 4.90 Å². The van der Waals surface area contributed by atoms with E-state index in [0.29, 0.717) is 19.2 Å². The molecule has 1 aliphatic rings. The Morgan fingerprint density at radius 2 is 2.00 bits per heavy atom. The van der Waals surface area contributed by atoms with E-state index in [1.54, 1.807) is 16.8 Å². The van der Waals surface area contributed by atoms with Gasteiger partial charge in [-0.1, -0.05) is 37.5 Å². The van der Waals surface area contributed by atoms with Crippen molar-refractivity contribution in [3.8, 4) is 5.95 Å². The van der Waals surface area contributed by atoms with Crippen LogP contribution in [0.25, 0.3) is 28.8 Å². The molecule has 4 rings (SSSR count). The second-order valence-electron chi connectivity index (χ2n) is 7.07. The fraction of sp³-hybridized carbons (Fsp3) is 0.304. The minimum atomic E-state index is 0.504. The average Bonchev–Trinajstić information content (AvgIpc) is 3.43. The van der Waals surface area contributed by atoms with Crippen molar-refractivity contribution in [2.45, 2.75) is 20.4 Å². The van der Waals surface area contributed by atoms with Gasteiger partial charge < -0.3 is 14.2 Å². The summed E-state index contributed by atoms with van der Waals surface area (Å²) in [6, 6.07) is 0. The van der Waals surface area contributed by atoms with Crippen LogP contribution in [0.4, 0.5) is 5.82 Å². The summed E-state index contributed by atoms with van der Waals surface area (Å²) in [4.78, 5) is 16.7. The first kappa shape index (κ1) is 20.7. The lowest BCUT2D eigenvalue weighted by molar-refractivity contribution is 0.122. The quantitative estimate of drug-likeness (QED) is 0.546. The Hall–Kier alpha value is -3.52. The third-order valence-corrected chi connectivity index (χ3v) is 5.17. The smallest absolute Gasteiger partial charge is 0.254 e. The summed E-state index contributed by atoms with van der Waals surface area (Å²) in [6.07, 6.45) is 13.2. The Balaban J connectivity index is 1.88. The van der Waals surface area contributed by atoms with Crippen molar-refractivity contribution < 1.29 is 4.74 Å². The van der Waals surface area contributed by atoms with Crippen LogP contribution in [0.1, 0.15) is 25.2 Å². The molecule has 0 amide bonds. The molecule has 0 saturated carbocycles. The molecule has 0 N–H and O–H groups in total. The van der Waals surface area contributed by atoms with Crippen LogP contribution in [-0.2, 0) is 11.3 Å². The molecule has 0 unspecified atom stereocenters. The van der Waals surface area contributed by atoms with E-state index in [1.807, 2.05) is 42.1 Å². The second kappa shape index (κ2) is 9.09. The van der Waals surface area contributed by atoms with Gasteiger partial charge in [0.15, 0.2) is 17.0 Å². The monoisotopic (exact) mass is 417 g/mol. The molecule has 0 radical (unpaired) electrons. The summed E-state index contributed by atoms with van der Waals surface area (Å²) in [5, 5.41) is 4.54. The molecule has 0 atom stereocenters. The number of nitrogens with zero attached hydrogens (tertiary/aromatic N) is 7. The van der Waals surface area contributed by atoms with Gasteiger partial charge in [-0.2, -0.15) is 15.1 Å². The van der Waals surface area contributed by atoms with E-state index < -0.39 is 0 Å². The highest BCUT2D eigenvalue weighted by atomic mass is 16.5. The molecule has 160 valence electrons. The number of anilines is 1. The van der Waals surface area contributed by atoms with E-state index in [4.69, 9.17) is 19.7 Å². The SMILES string of the molecule is C=C/C=C(\C=C/C)c1cnn(-c2nc(N3CCOCC3)c3nc(C=C)n(CC)c3n2)c1. The zero-order valence-corrected chi connectivity index (χ0v) is 18.0. The van der Waals surface area contributed by atoms with Gasteiger partial charge in [-0.15, -0.1) is 0 Å². The zero-order valence-electron chi connectivity index (χ0n) is 18.0. The first-order valence-electron chi connectivity index (χ1n) is 10.4. The predicted octanol–water partition coefficient (Wildman–Crippen LogP) is 3.66. The standard InChI is InChI=1S/C23H27N7O/c1-5-9-17(10-6-2)18-15-24-30(16-18)23-26-21(28-11-13-31-14-12-28)20-22(27-23)29(8-4)19(7-3)25-20/h5-7,9-10,15-16H,1,3,8,11-14H2,2,4H3/b10-6-,17-9+. The average molecular weight is 418 g/mol. The largest absolute Gasteiger partial charge is 0.378 e. The van der Waals surface area contributed by atoms with Gasteiger partial charge in [-0.25, -0.2) is 9.67 Å². The van der Waals surface area contributed by atoms with Crippen LogP contribution in [-0.4, -0.2) is 55.6 Å². The highest BCUT2D eigenvalue weighted by molar-refractivity contribution is 5.86. The Kier molecular flexibility index (Phi) is 6.08. The number of morpholine rings is 1. The van der Waals surface area contributed by atoms with Gasteiger partial charge in [-0.05, 0) is 25.5 Å². The van der Waals surface area contributed by atoms with Crippen LogP contribution in [0, 0.1) is 0 Å². The minimum Gasteiger partial charge on any atom is -0.378 e. The van der Waals surface area contributed by atoms with Crippen molar-refractivity contribution in [1.82, 2.24) is 29.3 Å². The molecule has 1 fully saturated rings. The molecule has 31 heavy (non-hydrogen) atoms. The van der Waals surface area contributed by atoms with Crippen LogP contribution in [0.2, 0.25) is 0 Å². The summed E-state index contributed by atoms with van der Waals surface area (Å²) >= 11 is 0. The van der Waals surface area contributed by atoms with Gasteiger partial charge in [0.05, 0.1) is 19.4 Å². The lowest BCUT2D eigenvalue weighted by Gasteiger charge is -2.28. The van der Waals surface area contributed by atoms with Crippen molar-refractivity contribution in [3.63, 3.8) is 0 Å². The molecule has 0 aromatic carbocycles. The molecule has 3 aromatic heterocycles. The van der Waals surface area contributed by atoms with Gasteiger partial charge >= 0.3 is 0 Å². The van der Waals surface area contributed by atoms with Crippen molar-refractivity contribution in [2.24, 2.45) is 0 Å². The summed E-state index contributed by atoms with van der Waals surface area (Å²) in [6.45, 7) is 15.3. The van der Waals surface area contributed by atoms with E-state index in [-0.39, 0.29) is 0 Å². The fourth-order valence-electron chi connectivity index (χ4n) is 3.69.